The standard InChI is InChI=1S/C18H19ClFN3O2/c1-18(12-4-5-12,8-11-2-6-13(20)7-3-11)10-22-17(25)15-21-9-14(19)16(24)23-15/h2-3,6-7,9,12H,4-5,8,10H2,1H3,(H,22,25)(H,21,23,24). The predicted molar refractivity (Wildman–Crippen MR) is 93.1 cm³/mol. The topological polar surface area (TPSA) is 74.8 Å². The van der Waals surface area contributed by atoms with Crippen LogP contribution in [0.1, 0.15) is 35.9 Å². The number of benzene rings is 1. The van der Waals surface area contributed by atoms with Crippen molar-refractivity contribution >= 4 is 17.5 Å². The Hall–Kier alpha value is -2.21. The summed E-state index contributed by atoms with van der Waals surface area (Å²) in [5.74, 6) is -0.257. The Bertz CT molecular complexity index is 833. The maximum atomic E-state index is 13.1. The van der Waals surface area contributed by atoms with E-state index in [9.17, 15) is 14.0 Å². The molecule has 0 aliphatic heterocycles. The molecule has 2 aromatic rings. The van der Waals surface area contributed by atoms with Crippen molar-refractivity contribution in [2.24, 2.45) is 11.3 Å². The number of carbonyl (C=O) groups is 1. The number of rotatable bonds is 6. The van der Waals surface area contributed by atoms with E-state index in [1.807, 2.05) is 0 Å². The fourth-order valence-corrected chi connectivity index (χ4v) is 3.16. The van der Waals surface area contributed by atoms with Crippen molar-refractivity contribution in [3.8, 4) is 0 Å². The summed E-state index contributed by atoms with van der Waals surface area (Å²) < 4.78 is 13.1. The van der Waals surface area contributed by atoms with Crippen LogP contribution in [-0.4, -0.2) is 22.4 Å². The normalized spacial score (nSPS) is 16.3. The van der Waals surface area contributed by atoms with Gasteiger partial charge in [0.15, 0.2) is 5.82 Å². The minimum Gasteiger partial charge on any atom is -0.349 e. The van der Waals surface area contributed by atoms with Gasteiger partial charge in [-0.3, -0.25) is 9.59 Å². The molecule has 1 unspecified atom stereocenters. The Morgan fingerprint density at radius 3 is 2.68 bits per heavy atom. The van der Waals surface area contributed by atoms with Gasteiger partial charge in [-0.05, 0) is 48.3 Å². The number of hydrogen-bond acceptors (Lipinski definition) is 3. The van der Waals surface area contributed by atoms with Crippen LogP contribution in [-0.2, 0) is 6.42 Å². The largest absolute Gasteiger partial charge is 0.349 e. The molecule has 0 spiro atoms. The molecule has 7 heteroatoms. The average Bonchev–Trinajstić information content (AvgIpc) is 3.43. The van der Waals surface area contributed by atoms with Crippen molar-refractivity contribution < 1.29 is 9.18 Å². The maximum absolute atomic E-state index is 13.1. The van der Waals surface area contributed by atoms with Gasteiger partial charge in [0.05, 0.1) is 6.20 Å². The third-order valence-corrected chi connectivity index (χ3v) is 4.98. The molecule has 1 aromatic heterocycles. The molecule has 1 heterocycles. The van der Waals surface area contributed by atoms with Crippen LogP contribution in [0.4, 0.5) is 4.39 Å². The van der Waals surface area contributed by atoms with Gasteiger partial charge < -0.3 is 10.3 Å². The highest BCUT2D eigenvalue weighted by Gasteiger charge is 2.41. The van der Waals surface area contributed by atoms with Crippen LogP contribution in [0, 0.1) is 17.2 Å². The monoisotopic (exact) mass is 363 g/mol. The lowest BCUT2D eigenvalue weighted by molar-refractivity contribution is 0.0915. The van der Waals surface area contributed by atoms with E-state index in [0.717, 1.165) is 31.0 Å². The van der Waals surface area contributed by atoms with Crippen molar-refractivity contribution in [1.82, 2.24) is 15.3 Å². The van der Waals surface area contributed by atoms with Crippen LogP contribution in [0.3, 0.4) is 0 Å². The minimum atomic E-state index is -0.543. The Kier molecular flexibility index (Phi) is 4.90. The summed E-state index contributed by atoms with van der Waals surface area (Å²) in [7, 11) is 0. The highest BCUT2D eigenvalue weighted by Crippen LogP contribution is 2.47. The lowest BCUT2D eigenvalue weighted by Crippen LogP contribution is -2.39. The molecule has 1 amide bonds. The summed E-state index contributed by atoms with van der Waals surface area (Å²) >= 11 is 5.62. The molecule has 1 saturated carbocycles. The van der Waals surface area contributed by atoms with Gasteiger partial charge >= 0.3 is 0 Å². The molecule has 25 heavy (non-hydrogen) atoms. The summed E-state index contributed by atoms with van der Waals surface area (Å²) in [5.41, 5.74) is 0.349. The first-order valence-corrected chi connectivity index (χ1v) is 8.53. The number of hydrogen-bond donors (Lipinski definition) is 2. The molecule has 1 fully saturated rings. The summed E-state index contributed by atoms with van der Waals surface area (Å²) in [6, 6.07) is 6.44. The number of aromatic amines is 1. The lowest BCUT2D eigenvalue weighted by Gasteiger charge is -2.30. The maximum Gasteiger partial charge on any atom is 0.287 e. The van der Waals surface area contributed by atoms with Crippen LogP contribution in [0.2, 0.25) is 5.02 Å². The van der Waals surface area contributed by atoms with Gasteiger partial charge in [0.25, 0.3) is 11.5 Å². The van der Waals surface area contributed by atoms with E-state index in [1.165, 1.54) is 12.1 Å². The van der Waals surface area contributed by atoms with Gasteiger partial charge in [0.1, 0.15) is 10.8 Å². The van der Waals surface area contributed by atoms with Crippen LogP contribution >= 0.6 is 11.6 Å². The summed E-state index contributed by atoms with van der Waals surface area (Å²) in [6.45, 7) is 2.56. The number of carbonyl (C=O) groups excluding carboxylic acids is 1. The van der Waals surface area contributed by atoms with Gasteiger partial charge in [0.2, 0.25) is 0 Å². The molecule has 0 radical (unpaired) electrons. The number of aromatic nitrogens is 2. The number of halogens is 2. The van der Waals surface area contributed by atoms with Gasteiger partial charge in [-0.1, -0.05) is 30.7 Å². The number of nitrogens with zero attached hydrogens (tertiary/aromatic N) is 1. The first-order chi connectivity index (χ1) is 11.9. The Balaban J connectivity index is 1.69. The van der Waals surface area contributed by atoms with Gasteiger partial charge in [-0.25, -0.2) is 9.37 Å². The number of amides is 1. The second-order valence-electron chi connectivity index (χ2n) is 6.82. The van der Waals surface area contributed by atoms with E-state index in [4.69, 9.17) is 11.6 Å². The van der Waals surface area contributed by atoms with Gasteiger partial charge in [-0.2, -0.15) is 0 Å². The van der Waals surface area contributed by atoms with Crippen LogP contribution in [0.25, 0.3) is 0 Å². The zero-order valence-electron chi connectivity index (χ0n) is 13.8. The highest BCUT2D eigenvalue weighted by molar-refractivity contribution is 6.30. The highest BCUT2D eigenvalue weighted by atomic mass is 35.5. The van der Waals surface area contributed by atoms with Crippen molar-refractivity contribution in [3.63, 3.8) is 0 Å². The Morgan fingerprint density at radius 2 is 2.08 bits per heavy atom. The van der Waals surface area contributed by atoms with E-state index < -0.39 is 11.5 Å². The summed E-state index contributed by atoms with van der Waals surface area (Å²) in [5, 5.41) is 2.79. The Morgan fingerprint density at radius 1 is 1.40 bits per heavy atom. The van der Waals surface area contributed by atoms with Crippen molar-refractivity contribution in [1.29, 1.82) is 0 Å². The molecular formula is C18H19ClFN3O2. The SMILES string of the molecule is CC(CNC(=O)c1ncc(Cl)c(=O)[nH]1)(Cc1ccc(F)cc1)C1CC1. The number of nitrogens with one attached hydrogen (secondary N) is 2. The smallest absolute Gasteiger partial charge is 0.287 e. The molecule has 1 aliphatic carbocycles. The van der Waals surface area contributed by atoms with E-state index in [-0.39, 0.29) is 22.1 Å². The van der Waals surface area contributed by atoms with Crippen molar-refractivity contribution in [2.75, 3.05) is 6.54 Å². The van der Waals surface area contributed by atoms with E-state index >= 15 is 0 Å². The minimum absolute atomic E-state index is 0.0596. The van der Waals surface area contributed by atoms with E-state index in [2.05, 4.69) is 22.2 Å². The zero-order valence-corrected chi connectivity index (χ0v) is 14.6. The second kappa shape index (κ2) is 6.96. The van der Waals surface area contributed by atoms with Crippen LogP contribution in [0.15, 0.2) is 35.3 Å². The molecule has 1 aliphatic rings. The number of H-pyrrole nitrogens is 1. The predicted octanol–water partition coefficient (Wildman–Crippen LogP) is 2.95. The van der Waals surface area contributed by atoms with Crippen LogP contribution in [0.5, 0.6) is 0 Å². The van der Waals surface area contributed by atoms with E-state index in [1.54, 1.807) is 12.1 Å². The molecular weight excluding hydrogens is 345 g/mol. The third kappa shape index (κ3) is 4.25. The fourth-order valence-electron chi connectivity index (χ4n) is 3.06. The molecule has 1 aromatic carbocycles. The van der Waals surface area contributed by atoms with Crippen molar-refractivity contribution in [2.45, 2.75) is 26.2 Å². The molecule has 1 atom stereocenters. The second-order valence-corrected chi connectivity index (χ2v) is 7.23. The molecule has 132 valence electrons. The molecule has 3 rings (SSSR count). The summed E-state index contributed by atoms with van der Waals surface area (Å²) in [4.78, 5) is 30.0. The van der Waals surface area contributed by atoms with Gasteiger partial charge in [0, 0.05) is 6.54 Å². The van der Waals surface area contributed by atoms with Crippen molar-refractivity contribution in [3.05, 3.63) is 63.0 Å². The third-order valence-electron chi connectivity index (χ3n) is 4.71. The van der Waals surface area contributed by atoms with Crippen LogP contribution < -0.4 is 10.9 Å². The fraction of sp³-hybridized carbons (Fsp3) is 0.389. The van der Waals surface area contributed by atoms with E-state index in [0.29, 0.717) is 12.5 Å². The Labute approximate surface area is 149 Å². The molecule has 5 nitrogen and oxygen atoms in total. The molecule has 0 saturated heterocycles. The molecule has 0 bridgehead atoms. The van der Waals surface area contributed by atoms with Gasteiger partial charge in [-0.15, -0.1) is 0 Å². The summed E-state index contributed by atoms with van der Waals surface area (Å²) in [6.07, 6.45) is 4.13. The first-order valence-electron chi connectivity index (χ1n) is 8.15. The molecule has 2 N–H and O–H groups in total. The zero-order chi connectivity index (χ0) is 18.0. The quantitative estimate of drug-likeness (QED) is 0.828. The average molecular weight is 364 g/mol. The first kappa shape index (κ1) is 17.6. The lowest BCUT2D eigenvalue weighted by atomic mass is 9.79.